The van der Waals surface area contributed by atoms with Gasteiger partial charge in [0.1, 0.15) is 6.61 Å². The van der Waals surface area contributed by atoms with Gasteiger partial charge in [-0.2, -0.15) is 5.26 Å². The smallest absolute Gasteiger partial charge is 0.161 e. The predicted molar refractivity (Wildman–Crippen MR) is 126 cm³/mol. The van der Waals surface area contributed by atoms with Gasteiger partial charge in [-0.15, -0.1) is 0 Å². The first-order chi connectivity index (χ1) is 14.1. The molecule has 0 fully saturated rings. The Kier molecular flexibility index (Phi) is 7.31. The Morgan fingerprint density at radius 3 is 2.34 bits per heavy atom. The molecule has 0 amide bonds. The largest absolute Gasteiger partial charge is 0.490 e. The highest BCUT2D eigenvalue weighted by molar-refractivity contribution is 14.1. The number of benzene rings is 3. The molecule has 0 aliphatic heterocycles. The molecule has 0 saturated carbocycles. The molecular formula is C25H22INO2. The fraction of sp³-hybridized carbons (Fsp3) is 0.160. The van der Waals surface area contributed by atoms with Crippen molar-refractivity contribution in [2.24, 2.45) is 0 Å². The van der Waals surface area contributed by atoms with Crippen molar-refractivity contribution in [3.8, 4) is 17.6 Å². The molecule has 0 bridgehead atoms. The molecule has 0 aliphatic carbocycles. The van der Waals surface area contributed by atoms with Gasteiger partial charge in [0.2, 0.25) is 0 Å². The molecule has 3 nitrogen and oxygen atoms in total. The minimum absolute atomic E-state index is 0.471. The normalized spacial score (nSPS) is 11.0. The molecule has 0 atom stereocenters. The molecule has 29 heavy (non-hydrogen) atoms. The van der Waals surface area contributed by atoms with Crippen LogP contribution in [0.15, 0.2) is 66.7 Å². The van der Waals surface area contributed by atoms with Gasteiger partial charge in [-0.05, 0) is 83.5 Å². The molecule has 4 heteroatoms. The molecule has 0 spiro atoms. The summed E-state index contributed by atoms with van der Waals surface area (Å²) in [5.41, 5.74) is 4.67. The molecular weight excluding hydrogens is 473 g/mol. The topological polar surface area (TPSA) is 42.2 Å². The summed E-state index contributed by atoms with van der Waals surface area (Å²) in [6.45, 7) is 4.98. The first kappa shape index (κ1) is 20.9. The fourth-order valence-corrected chi connectivity index (χ4v) is 3.18. The van der Waals surface area contributed by atoms with E-state index in [2.05, 4.69) is 52.9 Å². The van der Waals surface area contributed by atoms with Gasteiger partial charge in [0.15, 0.2) is 11.5 Å². The van der Waals surface area contributed by atoms with E-state index in [4.69, 9.17) is 9.47 Å². The van der Waals surface area contributed by atoms with Crippen molar-refractivity contribution in [2.75, 3.05) is 6.61 Å². The summed E-state index contributed by atoms with van der Waals surface area (Å²) in [4.78, 5) is 0. The van der Waals surface area contributed by atoms with Crippen LogP contribution in [0, 0.1) is 21.8 Å². The zero-order chi connectivity index (χ0) is 20.6. The van der Waals surface area contributed by atoms with Crippen LogP contribution in [0.5, 0.6) is 11.5 Å². The summed E-state index contributed by atoms with van der Waals surface area (Å²) >= 11 is 2.29. The lowest BCUT2D eigenvalue weighted by Crippen LogP contribution is -2.00. The predicted octanol–water partition coefficient (Wildman–Crippen LogP) is 6.64. The maximum Gasteiger partial charge on any atom is 0.161 e. The summed E-state index contributed by atoms with van der Waals surface area (Å²) in [5.74, 6) is 1.37. The number of hydrogen-bond donors (Lipinski definition) is 0. The monoisotopic (exact) mass is 495 g/mol. The van der Waals surface area contributed by atoms with E-state index in [1.807, 2.05) is 62.4 Å². The van der Waals surface area contributed by atoms with Gasteiger partial charge < -0.3 is 9.47 Å². The Hall–Kier alpha value is -2.78. The number of halogens is 1. The highest BCUT2D eigenvalue weighted by Crippen LogP contribution is 2.31. The van der Waals surface area contributed by atoms with Crippen molar-refractivity contribution in [1.82, 2.24) is 0 Å². The van der Waals surface area contributed by atoms with Crippen LogP contribution in [0.1, 0.15) is 29.2 Å². The van der Waals surface area contributed by atoms with E-state index in [1.54, 1.807) is 0 Å². The Morgan fingerprint density at radius 1 is 0.966 bits per heavy atom. The standard InChI is InChI=1S/C25H22INO2/c1-3-28-25-15-20(14-22(16-27)21-9-4-18(2)5-10-21)8-13-24(25)29-17-19-6-11-23(26)12-7-19/h4-15H,3,17H2,1-2H3/b22-14-. The highest BCUT2D eigenvalue weighted by Gasteiger charge is 2.08. The lowest BCUT2D eigenvalue weighted by Gasteiger charge is -2.13. The zero-order valence-corrected chi connectivity index (χ0v) is 18.6. The number of allylic oxidation sites excluding steroid dienone is 1. The Bertz CT molecular complexity index is 1030. The number of nitrogens with zero attached hydrogens (tertiary/aromatic N) is 1. The third kappa shape index (κ3) is 5.85. The molecule has 0 unspecified atom stereocenters. The van der Waals surface area contributed by atoms with E-state index in [0.29, 0.717) is 30.3 Å². The molecule has 0 saturated heterocycles. The van der Waals surface area contributed by atoms with Crippen LogP contribution in [0.3, 0.4) is 0 Å². The number of aryl methyl sites for hydroxylation is 1. The van der Waals surface area contributed by atoms with Crippen LogP contribution in [0.2, 0.25) is 0 Å². The van der Waals surface area contributed by atoms with Crippen LogP contribution < -0.4 is 9.47 Å². The second-order valence-corrected chi connectivity index (χ2v) is 7.84. The van der Waals surface area contributed by atoms with Gasteiger partial charge in [-0.25, -0.2) is 0 Å². The van der Waals surface area contributed by atoms with E-state index in [9.17, 15) is 5.26 Å². The van der Waals surface area contributed by atoms with Crippen molar-refractivity contribution in [3.05, 3.63) is 92.6 Å². The first-order valence-electron chi connectivity index (χ1n) is 9.42. The number of nitriles is 1. The van der Waals surface area contributed by atoms with Gasteiger partial charge in [-0.1, -0.05) is 48.0 Å². The molecule has 0 N–H and O–H groups in total. The van der Waals surface area contributed by atoms with E-state index in [-0.39, 0.29) is 0 Å². The average Bonchev–Trinajstić information content (AvgIpc) is 2.73. The Labute approximate surface area is 185 Å². The number of rotatable bonds is 7. The molecule has 0 heterocycles. The van der Waals surface area contributed by atoms with Gasteiger partial charge in [0, 0.05) is 3.57 Å². The molecule has 146 valence electrons. The van der Waals surface area contributed by atoms with Gasteiger partial charge in [-0.3, -0.25) is 0 Å². The van der Waals surface area contributed by atoms with Gasteiger partial charge in [0.25, 0.3) is 0 Å². The molecule has 0 aromatic heterocycles. The van der Waals surface area contributed by atoms with E-state index < -0.39 is 0 Å². The number of hydrogen-bond acceptors (Lipinski definition) is 3. The number of ether oxygens (including phenoxy) is 2. The molecule has 0 radical (unpaired) electrons. The van der Waals surface area contributed by atoms with Crippen LogP contribution >= 0.6 is 22.6 Å². The molecule has 3 aromatic carbocycles. The fourth-order valence-electron chi connectivity index (χ4n) is 2.82. The summed E-state index contributed by atoms with van der Waals surface area (Å²) in [6, 6.07) is 24.2. The van der Waals surface area contributed by atoms with Crippen molar-refractivity contribution in [1.29, 1.82) is 5.26 Å². The van der Waals surface area contributed by atoms with Crippen molar-refractivity contribution < 1.29 is 9.47 Å². The van der Waals surface area contributed by atoms with Crippen LogP contribution in [-0.4, -0.2) is 6.61 Å². The maximum absolute atomic E-state index is 9.59. The third-order valence-electron chi connectivity index (χ3n) is 4.37. The maximum atomic E-state index is 9.59. The summed E-state index contributed by atoms with van der Waals surface area (Å²) in [5, 5.41) is 9.59. The van der Waals surface area contributed by atoms with Crippen LogP contribution in [0.4, 0.5) is 0 Å². The van der Waals surface area contributed by atoms with Crippen LogP contribution in [-0.2, 0) is 6.61 Å². The summed E-state index contributed by atoms with van der Waals surface area (Å²) in [6.07, 6.45) is 1.87. The van der Waals surface area contributed by atoms with Crippen LogP contribution in [0.25, 0.3) is 11.6 Å². The van der Waals surface area contributed by atoms with E-state index >= 15 is 0 Å². The lowest BCUT2D eigenvalue weighted by atomic mass is 10.0. The Morgan fingerprint density at radius 2 is 1.69 bits per heavy atom. The minimum atomic E-state index is 0.471. The molecule has 3 aromatic rings. The first-order valence-corrected chi connectivity index (χ1v) is 10.5. The Balaban J connectivity index is 1.83. The zero-order valence-electron chi connectivity index (χ0n) is 16.5. The van der Waals surface area contributed by atoms with E-state index in [1.165, 1.54) is 9.13 Å². The second kappa shape index (κ2) is 10.1. The molecule has 3 rings (SSSR count). The summed E-state index contributed by atoms with van der Waals surface area (Å²) in [7, 11) is 0. The van der Waals surface area contributed by atoms with E-state index in [0.717, 1.165) is 16.7 Å². The summed E-state index contributed by atoms with van der Waals surface area (Å²) < 4.78 is 13.0. The van der Waals surface area contributed by atoms with Crippen molar-refractivity contribution >= 4 is 34.2 Å². The third-order valence-corrected chi connectivity index (χ3v) is 5.09. The van der Waals surface area contributed by atoms with Gasteiger partial charge >= 0.3 is 0 Å². The van der Waals surface area contributed by atoms with Crippen molar-refractivity contribution in [2.45, 2.75) is 20.5 Å². The van der Waals surface area contributed by atoms with Crippen molar-refractivity contribution in [3.63, 3.8) is 0 Å². The molecule has 0 aliphatic rings. The highest BCUT2D eigenvalue weighted by atomic mass is 127. The van der Waals surface area contributed by atoms with Gasteiger partial charge in [0.05, 0.1) is 18.2 Å². The second-order valence-electron chi connectivity index (χ2n) is 6.59. The SMILES string of the molecule is CCOc1cc(/C=C(/C#N)c2ccc(C)cc2)ccc1OCc1ccc(I)cc1. The average molecular weight is 495 g/mol. The quantitative estimate of drug-likeness (QED) is 0.210. The lowest BCUT2D eigenvalue weighted by molar-refractivity contribution is 0.269. The minimum Gasteiger partial charge on any atom is -0.490 e.